The predicted molar refractivity (Wildman–Crippen MR) is 109 cm³/mol. The van der Waals surface area contributed by atoms with Gasteiger partial charge in [0, 0.05) is 42.3 Å². The number of fused-ring (bicyclic) bond motifs is 3. The first kappa shape index (κ1) is 17.0. The molecule has 0 radical (unpaired) electrons. The summed E-state index contributed by atoms with van der Waals surface area (Å²) in [5, 5.41) is 4.60. The van der Waals surface area contributed by atoms with E-state index >= 15 is 0 Å². The number of hydrogen-bond acceptors (Lipinski definition) is 6. The first-order valence-electron chi connectivity index (χ1n) is 9.94. The Morgan fingerprint density at radius 1 is 1.03 bits per heavy atom. The second-order valence-electron chi connectivity index (χ2n) is 7.46. The van der Waals surface area contributed by atoms with E-state index in [9.17, 15) is 4.79 Å². The van der Waals surface area contributed by atoms with E-state index in [1.807, 2.05) is 42.5 Å². The summed E-state index contributed by atoms with van der Waals surface area (Å²) in [6.07, 6.45) is 7.11. The third-order valence-electron chi connectivity index (χ3n) is 5.66. The molecule has 7 heteroatoms. The molecule has 30 heavy (non-hydrogen) atoms. The Morgan fingerprint density at radius 3 is 2.70 bits per heavy atom. The maximum absolute atomic E-state index is 13.0. The van der Waals surface area contributed by atoms with Crippen LogP contribution in [0, 0.1) is 0 Å². The van der Waals surface area contributed by atoms with Gasteiger partial charge in [-0.15, -0.1) is 5.10 Å². The summed E-state index contributed by atoms with van der Waals surface area (Å²) < 4.78 is 7.80. The van der Waals surface area contributed by atoms with Crippen LogP contribution in [0.1, 0.15) is 36.3 Å². The maximum atomic E-state index is 13.0. The molecule has 3 aromatic heterocycles. The second-order valence-corrected chi connectivity index (χ2v) is 7.46. The number of carbonyl (C=O) groups excluding carboxylic acids is 1. The number of nitrogens with zero attached hydrogens (tertiary/aromatic N) is 5. The second kappa shape index (κ2) is 6.59. The van der Waals surface area contributed by atoms with Crippen molar-refractivity contribution in [2.45, 2.75) is 25.2 Å². The topological polar surface area (TPSA) is 82.3 Å². The Balaban J connectivity index is 1.62. The minimum absolute atomic E-state index is 0.131. The van der Waals surface area contributed by atoms with E-state index in [2.05, 4.69) is 15.1 Å². The van der Waals surface area contributed by atoms with E-state index < -0.39 is 0 Å². The highest BCUT2D eigenvalue weighted by Gasteiger charge is 2.39. The lowest BCUT2D eigenvalue weighted by Gasteiger charge is -2.31. The average molecular weight is 395 g/mol. The minimum atomic E-state index is -0.275. The van der Waals surface area contributed by atoms with Crippen LogP contribution in [0.4, 0.5) is 0 Å². The van der Waals surface area contributed by atoms with Gasteiger partial charge in [-0.3, -0.25) is 9.78 Å². The molecule has 1 aromatic carbocycles. The van der Waals surface area contributed by atoms with Gasteiger partial charge in [-0.2, -0.15) is 0 Å². The molecule has 0 spiro atoms. The van der Waals surface area contributed by atoms with E-state index in [1.54, 1.807) is 23.2 Å². The van der Waals surface area contributed by atoms with E-state index in [1.165, 1.54) is 0 Å². The van der Waals surface area contributed by atoms with Gasteiger partial charge in [0.25, 0.3) is 0 Å². The molecule has 0 fully saturated rings. The van der Waals surface area contributed by atoms with Crippen molar-refractivity contribution in [2.24, 2.45) is 0 Å². The van der Waals surface area contributed by atoms with Crippen molar-refractivity contribution in [3.05, 3.63) is 83.6 Å². The summed E-state index contributed by atoms with van der Waals surface area (Å²) in [4.78, 5) is 26.4. The van der Waals surface area contributed by atoms with Crippen molar-refractivity contribution in [3.8, 4) is 17.3 Å². The molecule has 1 aliphatic carbocycles. The number of hydrogen-bond donors (Lipinski definition) is 0. The van der Waals surface area contributed by atoms with Crippen molar-refractivity contribution in [1.29, 1.82) is 0 Å². The Labute approximate surface area is 172 Å². The SMILES string of the molecule is O=C1CCCC2=C1[C@@H](c1ccccc1)c1c(ncn3nc(-c4ccncc4)nc13)O2. The number of pyridine rings is 1. The van der Waals surface area contributed by atoms with E-state index in [0.717, 1.165) is 40.9 Å². The number of ketones is 1. The molecule has 0 bridgehead atoms. The van der Waals surface area contributed by atoms with Gasteiger partial charge in [0.15, 0.2) is 17.3 Å². The molecule has 4 aromatic rings. The molecule has 0 unspecified atom stereocenters. The third-order valence-corrected chi connectivity index (χ3v) is 5.66. The Kier molecular flexibility index (Phi) is 3.74. The molecule has 2 aliphatic rings. The zero-order chi connectivity index (χ0) is 20.1. The highest BCUT2D eigenvalue weighted by atomic mass is 16.5. The van der Waals surface area contributed by atoms with E-state index in [0.29, 0.717) is 23.8 Å². The smallest absolute Gasteiger partial charge is 0.228 e. The molecular weight excluding hydrogens is 378 g/mol. The molecule has 0 N–H and O–H groups in total. The highest BCUT2D eigenvalue weighted by molar-refractivity contribution is 6.00. The summed E-state index contributed by atoms with van der Waals surface area (Å²) in [7, 11) is 0. The summed E-state index contributed by atoms with van der Waals surface area (Å²) in [6, 6.07) is 13.7. The first-order chi connectivity index (χ1) is 14.8. The van der Waals surface area contributed by atoms with Gasteiger partial charge in [-0.1, -0.05) is 30.3 Å². The molecule has 4 heterocycles. The van der Waals surface area contributed by atoms with Crippen LogP contribution in [0.15, 0.2) is 72.5 Å². The zero-order valence-electron chi connectivity index (χ0n) is 16.0. The zero-order valence-corrected chi connectivity index (χ0v) is 16.0. The fourth-order valence-corrected chi connectivity index (χ4v) is 4.32. The number of rotatable bonds is 2. The summed E-state index contributed by atoms with van der Waals surface area (Å²) in [6.45, 7) is 0. The molecule has 146 valence electrons. The molecule has 1 aliphatic heterocycles. The summed E-state index contributed by atoms with van der Waals surface area (Å²) >= 11 is 0. The van der Waals surface area contributed by atoms with E-state index in [4.69, 9.17) is 9.72 Å². The maximum Gasteiger partial charge on any atom is 0.228 e. The molecule has 0 saturated carbocycles. The lowest BCUT2D eigenvalue weighted by atomic mass is 9.78. The van der Waals surface area contributed by atoms with Crippen LogP contribution in [0.2, 0.25) is 0 Å². The molecule has 0 amide bonds. The van der Waals surface area contributed by atoms with Crippen molar-refractivity contribution in [3.63, 3.8) is 0 Å². The van der Waals surface area contributed by atoms with Crippen LogP contribution in [0.25, 0.3) is 17.0 Å². The van der Waals surface area contributed by atoms with Crippen molar-refractivity contribution in [1.82, 2.24) is 24.6 Å². The fraction of sp³-hybridized carbons (Fsp3) is 0.174. The lowest BCUT2D eigenvalue weighted by Crippen LogP contribution is -2.26. The van der Waals surface area contributed by atoms with Crippen LogP contribution in [-0.2, 0) is 4.79 Å². The minimum Gasteiger partial charge on any atom is -0.442 e. The van der Waals surface area contributed by atoms with Crippen LogP contribution in [-0.4, -0.2) is 30.3 Å². The van der Waals surface area contributed by atoms with Crippen LogP contribution >= 0.6 is 0 Å². The third kappa shape index (κ3) is 2.55. The number of aromatic nitrogens is 5. The van der Waals surface area contributed by atoms with Gasteiger partial charge in [0.2, 0.25) is 5.88 Å². The molecule has 6 rings (SSSR count). The number of benzene rings is 1. The Bertz CT molecular complexity index is 1310. The largest absolute Gasteiger partial charge is 0.442 e. The van der Waals surface area contributed by atoms with Gasteiger partial charge in [0.1, 0.15) is 12.1 Å². The molecular formula is C23H17N5O2. The van der Waals surface area contributed by atoms with Gasteiger partial charge in [0.05, 0.1) is 5.56 Å². The predicted octanol–water partition coefficient (Wildman–Crippen LogP) is 3.72. The number of carbonyl (C=O) groups is 1. The van der Waals surface area contributed by atoms with Crippen LogP contribution in [0.3, 0.4) is 0 Å². The van der Waals surface area contributed by atoms with Crippen molar-refractivity contribution >= 4 is 11.4 Å². The molecule has 7 nitrogen and oxygen atoms in total. The summed E-state index contributed by atoms with van der Waals surface area (Å²) in [5.41, 5.74) is 4.04. The first-order valence-corrected chi connectivity index (χ1v) is 9.94. The van der Waals surface area contributed by atoms with Crippen molar-refractivity contribution < 1.29 is 9.53 Å². The van der Waals surface area contributed by atoms with Crippen molar-refractivity contribution in [2.75, 3.05) is 0 Å². The summed E-state index contributed by atoms with van der Waals surface area (Å²) in [5.74, 6) is 1.67. The number of allylic oxidation sites excluding steroid dienone is 2. The number of ether oxygens (including phenoxy) is 1. The molecule has 0 saturated heterocycles. The lowest BCUT2D eigenvalue weighted by molar-refractivity contribution is -0.116. The van der Waals surface area contributed by atoms with Gasteiger partial charge < -0.3 is 4.74 Å². The fourth-order valence-electron chi connectivity index (χ4n) is 4.32. The Hall–Kier alpha value is -3.87. The van der Waals surface area contributed by atoms with Crippen LogP contribution in [0.5, 0.6) is 5.88 Å². The average Bonchev–Trinajstić information content (AvgIpc) is 3.24. The monoisotopic (exact) mass is 395 g/mol. The number of Topliss-reactive ketones (excluding diaryl/α,β-unsaturated/α-hetero) is 1. The van der Waals surface area contributed by atoms with Gasteiger partial charge in [-0.05, 0) is 24.1 Å². The highest BCUT2D eigenvalue weighted by Crippen LogP contribution is 2.47. The van der Waals surface area contributed by atoms with Gasteiger partial charge in [-0.25, -0.2) is 14.5 Å². The van der Waals surface area contributed by atoms with Crippen LogP contribution < -0.4 is 4.74 Å². The normalized spacial score (nSPS) is 18.1. The van der Waals surface area contributed by atoms with E-state index in [-0.39, 0.29) is 11.7 Å². The standard InChI is InChI=1S/C23H17N5O2/c29-16-7-4-8-17-19(16)18(14-5-2-1-3-6-14)20-22-26-21(15-9-11-24-12-10-15)27-28(22)13-25-23(20)30-17/h1-3,5-6,9-13,18H,4,7-8H2/t18-/m1/s1. The quantitative estimate of drug-likeness (QED) is 0.515. The molecule has 1 atom stereocenters. The Morgan fingerprint density at radius 2 is 1.87 bits per heavy atom. The van der Waals surface area contributed by atoms with Gasteiger partial charge >= 0.3 is 0 Å².